The zero-order chi connectivity index (χ0) is 22.4. The minimum atomic E-state index is 0.394. The lowest BCUT2D eigenvalue weighted by molar-refractivity contribution is -0.0571. The maximum atomic E-state index is 5.38. The number of hydrogen-bond acceptors (Lipinski definition) is 7. The molecule has 2 aliphatic heterocycles. The lowest BCUT2D eigenvalue weighted by Gasteiger charge is -2.34. The molecule has 2 N–H and O–H groups in total. The summed E-state index contributed by atoms with van der Waals surface area (Å²) in [4.78, 5) is 7.37. The van der Waals surface area contributed by atoms with Crippen molar-refractivity contribution in [2.75, 3.05) is 36.9 Å². The van der Waals surface area contributed by atoms with Crippen molar-refractivity contribution in [3.8, 4) is 11.3 Å². The second-order valence-corrected chi connectivity index (χ2v) is 8.91. The van der Waals surface area contributed by atoms with Crippen molar-refractivity contribution in [1.82, 2.24) is 29.4 Å². The first-order valence-electron chi connectivity index (χ1n) is 11.4. The van der Waals surface area contributed by atoms with Crippen molar-refractivity contribution >= 4 is 28.4 Å². The average Bonchev–Trinajstić information content (AvgIpc) is 3.48. The summed E-state index contributed by atoms with van der Waals surface area (Å²) in [5.41, 5.74) is 3.90. The molecule has 2 saturated heterocycles. The van der Waals surface area contributed by atoms with Crippen molar-refractivity contribution in [2.45, 2.75) is 18.5 Å². The number of rotatable bonds is 6. The van der Waals surface area contributed by atoms with E-state index in [1.807, 2.05) is 53.9 Å². The lowest BCUT2D eigenvalue weighted by Crippen LogP contribution is -2.48. The quantitative estimate of drug-likeness (QED) is 0.473. The molecule has 9 heteroatoms. The lowest BCUT2D eigenvalue weighted by atomic mass is 10.1. The summed E-state index contributed by atoms with van der Waals surface area (Å²) < 4.78 is 9.04. The second kappa shape index (κ2) is 8.17. The van der Waals surface area contributed by atoms with Gasteiger partial charge in [-0.15, -0.1) is 0 Å². The number of fused-ring (bicyclic) bond motifs is 1. The van der Waals surface area contributed by atoms with E-state index in [2.05, 4.69) is 43.9 Å². The van der Waals surface area contributed by atoms with Crippen molar-refractivity contribution in [2.24, 2.45) is 14.1 Å². The Labute approximate surface area is 192 Å². The highest BCUT2D eigenvalue weighted by atomic mass is 16.5. The van der Waals surface area contributed by atoms with Gasteiger partial charge in [-0.1, -0.05) is 30.3 Å². The van der Waals surface area contributed by atoms with Crippen LogP contribution in [0.3, 0.4) is 0 Å². The summed E-state index contributed by atoms with van der Waals surface area (Å²) in [6.07, 6.45) is 3.00. The van der Waals surface area contributed by atoms with Gasteiger partial charge in [0.25, 0.3) is 0 Å². The normalized spacial score (nSPS) is 19.2. The molecular weight excluding hydrogens is 416 g/mol. The van der Waals surface area contributed by atoms with Gasteiger partial charge in [-0.2, -0.15) is 10.2 Å². The smallest absolute Gasteiger partial charge is 0.161 e. The molecule has 0 aliphatic carbocycles. The number of nitrogens with one attached hydrogen (secondary N) is 2. The van der Waals surface area contributed by atoms with E-state index in [0.29, 0.717) is 12.1 Å². The number of aromatic nitrogens is 5. The molecule has 1 aromatic carbocycles. The molecule has 2 aliphatic rings. The summed E-state index contributed by atoms with van der Waals surface area (Å²) in [6, 6.07) is 15.3. The molecule has 2 fully saturated rings. The molecule has 3 aromatic heterocycles. The van der Waals surface area contributed by atoms with Crippen molar-refractivity contribution in [1.29, 1.82) is 0 Å². The summed E-state index contributed by atoms with van der Waals surface area (Å²) >= 11 is 0. The molecule has 1 atom stereocenters. The van der Waals surface area contributed by atoms with Crippen LogP contribution in [0, 0.1) is 0 Å². The third kappa shape index (κ3) is 3.83. The Bertz CT molecular complexity index is 1280. The van der Waals surface area contributed by atoms with Gasteiger partial charge in [-0.3, -0.25) is 14.3 Å². The van der Waals surface area contributed by atoms with E-state index in [1.54, 1.807) is 0 Å². The standard InChI is InChI=1S/C24H28N8O/c1-30-23(11-20(29-30)16-6-4-3-5-7-16)27-22-10-21(19-12-25-31(2)24(19)28-22)26-17-8-9-32(13-17)18-14-33-15-18/h3-7,10-12,17-18H,8-9,13-15H2,1-2H3,(H2,26,27,28)/t17-/m1/s1. The molecule has 33 heavy (non-hydrogen) atoms. The Morgan fingerprint density at radius 2 is 1.91 bits per heavy atom. The molecule has 0 spiro atoms. The SMILES string of the molecule is Cn1nc(-c2ccccc2)cc1Nc1cc(N[C@@H]2CCN(C3COC3)C2)c2cnn(C)c2n1. The molecular formula is C24H28N8O. The van der Waals surface area contributed by atoms with Gasteiger partial charge in [0.1, 0.15) is 11.6 Å². The molecule has 0 radical (unpaired) electrons. The van der Waals surface area contributed by atoms with Crippen LogP contribution in [-0.2, 0) is 18.8 Å². The third-order valence-corrected chi connectivity index (χ3v) is 6.63. The Balaban J connectivity index is 1.27. The average molecular weight is 445 g/mol. The van der Waals surface area contributed by atoms with Crippen LogP contribution in [0.2, 0.25) is 0 Å². The van der Waals surface area contributed by atoms with Gasteiger partial charge in [0.15, 0.2) is 5.65 Å². The van der Waals surface area contributed by atoms with Crippen LogP contribution in [0.1, 0.15) is 6.42 Å². The predicted octanol–water partition coefficient (Wildman–Crippen LogP) is 3.00. The molecule has 4 aromatic rings. The van der Waals surface area contributed by atoms with E-state index in [1.165, 1.54) is 0 Å². The molecule has 9 nitrogen and oxygen atoms in total. The fourth-order valence-electron chi connectivity index (χ4n) is 4.65. The van der Waals surface area contributed by atoms with Crippen molar-refractivity contribution in [3.63, 3.8) is 0 Å². The molecule has 6 rings (SSSR count). The van der Waals surface area contributed by atoms with Gasteiger partial charge in [0.05, 0.1) is 42.2 Å². The summed E-state index contributed by atoms with van der Waals surface area (Å²) in [7, 11) is 3.86. The number of aryl methyl sites for hydroxylation is 2. The van der Waals surface area contributed by atoms with Gasteiger partial charge in [0, 0.05) is 50.9 Å². The monoisotopic (exact) mass is 444 g/mol. The van der Waals surface area contributed by atoms with Gasteiger partial charge in [0.2, 0.25) is 0 Å². The minimum absolute atomic E-state index is 0.394. The Morgan fingerprint density at radius 3 is 2.70 bits per heavy atom. The first-order chi connectivity index (χ1) is 16.1. The first-order valence-corrected chi connectivity index (χ1v) is 11.4. The van der Waals surface area contributed by atoms with E-state index in [-0.39, 0.29) is 0 Å². The number of anilines is 3. The number of hydrogen-bond donors (Lipinski definition) is 2. The Kier molecular flexibility index (Phi) is 5.00. The number of pyridine rings is 1. The maximum Gasteiger partial charge on any atom is 0.161 e. The minimum Gasteiger partial charge on any atom is -0.380 e. The Hall–Kier alpha value is -3.43. The largest absolute Gasteiger partial charge is 0.380 e. The molecule has 0 saturated carbocycles. The topological polar surface area (TPSA) is 85.1 Å². The highest BCUT2D eigenvalue weighted by Gasteiger charge is 2.32. The number of benzene rings is 1. The molecule has 0 bridgehead atoms. The van der Waals surface area contributed by atoms with Crippen LogP contribution < -0.4 is 10.6 Å². The van der Waals surface area contributed by atoms with Gasteiger partial charge < -0.3 is 15.4 Å². The fourth-order valence-corrected chi connectivity index (χ4v) is 4.65. The van der Waals surface area contributed by atoms with E-state index in [9.17, 15) is 0 Å². The van der Waals surface area contributed by atoms with E-state index < -0.39 is 0 Å². The van der Waals surface area contributed by atoms with Crippen LogP contribution >= 0.6 is 0 Å². The van der Waals surface area contributed by atoms with Crippen molar-refractivity contribution in [3.05, 3.63) is 48.7 Å². The fraction of sp³-hybridized carbons (Fsp3) is 0.375. The van der Waals surface area contributed by atoms with Crippen LogP contribution in [0.25, 0.3) is 22.3 Å². The van der Waals surface area contributed by atoms with E-state index in [0.717, 1.165) is 72.3 Å². The van der Waals surface area contributed by atoms with Gasteiger partial charge >= 0.3 is 0 Å². The molecule has 5 heterocycles. The highest BCUT2D eigenvalue weighted by Crippen LogP contribution is 2.30. The molecule has 170 valence electrons. The maximum absolute atomic E-state index is 5.38. The summed E-state index contributed by atoms with van der Waals surface area (Å²) in [5, 5.41) is 17.4. The summed E-state index contributed by atoms with van der Waals surface area (Å²) in [6.45, 7) is 3.86. The third-order valence-electron chi connectivity index (χ3n) is 6.63. The Morgan fingerprint density at radius 1 is 1.06 bits per heavy atom. The second-order valence-electron chi connectivity index (χ2n) is 8.91. The number of ether oxygens (including phenoxy) is 1. The first kappa shape index (κ1) is 20.2. The highest BCUT2D eigenvalue weighted by molar-refractivity contribution is 5.91. The molecule has 0 amide bonds. The zero-order valence-electron chi connectivity index (χ0n) is 18.9. The molecule has 0 unspecified atom stereocenters. The van der Waals surface area contributed by atoms with Crippen LogP contribution in [0.5, 0.6) is 0 Å². The van der Waals surface area contributed by atoms with Crippen LogP contribution in [0.4, 0.5) is 17.3 Å². The van der Waals surface area contributed by atoms with Crippen LogP contribution in [0.15, 0.2) is 48.7 Å². The number of nitrogens with zero attached hydrogens (tertiary/aromatic N) is 6. The van der Waals surface area contributed by atoms with Crippen molar-refractivity contribution < 1.29 is 4.74 Å². The van der Waals surface area contributed by atoms with Gasteiger partial charge in [-0.05, 0) is 6.42 Å². The van der Waals surface area contributed by atoms with E-state index >= 15 is 0 Å². The van der Waals surface area contributed by atoms with Crippen LogP contribution in [-0.4, -0.2) is 67.8 Å². The predicted molar refractivity (Wildman–Crippen MR) is 129 cm³/mol. The summed E-state index contributed by atoms with van der Waals surface area (Å²) in [5.74, 6) is 1.64. The van der Waals surface area contributed by atoms with Gasteiger partial charge in [-0.25, -0.2) is 4.98 Å². The zero-order valence-corrected chi connectivity index (χ0v) is 18.9. The number of likely N-dealkylation sites (tertiary alicyclic amines) is 1. The van der Waals surface area contributed by atoms with E-state index in [4.69, 9.17) is 9.72 Å².